The fourth-order valence-corrected chi connectivity index (χ4v) is 3.04. The van der Waals surface area contributed by atoms with Gasteiger partial charge in [-0.05, 0) is 61.4 Å². The van der Waals surface area contributed by atoms with Crippen LogP contribution >= 0.6 is 36.4 Å². The topological polar surface area (TPSA) is 84.1 Å². The summed E-state index contributed by atoms with van der Waals surface area (Å²) in [6.07, 6.45) is 8.20. The van der Waals surface area contributed by atoms with Crippen LogP contribution in [0.2, 0.25) is 5.02 Å². The van der Waals surface area contributed by atoms with E-state index in [9.17, 15) is 5.11 Å². The van der Waals surface area contributed by atoms with Crippen molar-refractivity contribution < 1.29 is 5.11 Å². The van der Waals surface area contributed by atoms with E-state index in [2.05, 4.69) is 15.3 Å². The molecule has 0 saturated heterocycles. The third-order valence-corrected chi connectivity index (χ3v) is 4.67. The maximum Gasteiger partial charge on any atom is 0.154 e. The Kier molecular flexibility index (Phi) is 11.5. The molecule has 0 spiro atoms. The molecule has 5 nitrogen and oxygen atoms in total. The van der Waals surface area contributed by atoms with Crippen LogP contribution < -0.4 is 11.1 Å². The Morgan fingerprint density at radius 2 is 1.67 bits per heavy atom. The average molecular weight is 470 g/mol. The van der Waals surface area contributed by atoms with Crippen molar-refractivity contribution >= 4 is 65.3 Å². The Morgan fingerprint density at radius 3 is 2.40 bits per heavy atom. The smallest absolute Gasteiger partial charge is 0.154 e. The van der Waals surface area contributed by atoms with Crippen LogP contribution in [0.5, 0.6) is 5.75 Å². The molecule has 0 aliphatic heterocycles. The summed E-state index contributed by atoms with van der Waals surface area (Å²) >= 11 is 5.93. The van der Waals surface area contributed by atoms with Gasteiger partial charge in [-0.1, -0.05) is 42.7 Å². The summed E-state index contributed by atoms with van der Waals surface area (Å²) in [6.45, 7) is 1.55. The fourth-order valence-electron chi connectivity index (χ4n) is 2.92. The maximum absolute atomic E-state index is 9.85. The molecule has 0 aliphatic rings. The van der Waals surface area contributed by atoms with Crippen LogP contribution in [0, 0.1) is 0 Å². The van der Waals surface area contributed by atoms with Crippen molar-refractivity contribution in [3.05, 3.63) is 58.9 Å². The molecule has 0 bridgehead atoms. The van der Waals surface area contributed by atoms with Gasteiger partial charge in [0.25, 0.3) is 0 Å². The largest absolute Gasteiger partial charge is 0.508 e. The number of anilines is 1. The van der Waals surface area contributed by atoms with E-state index in [1.165, 1.54) is 0 Å². The molecule has 0 aliphatic carbocycles. The number of nitrogens with zero attached hydrogens (tertiary/aromatic N) is 2. The molecule has 3 aromatic rings. The van der Waals surface area contributed by atoms with Crippen LogP contribution in [0.15, 0.2) is 42.5 Å². The van der Waals surface area contributed by atoms with Gasteiger partial charge in [-0.25, -0.2) is 9.97 Å². The van der Waals surface area contributed by atoms with Crippen molar-refractivity contribution in [2.45, 2.75) is 25.7 Å². The number of nitrogens with one attached hydrogen (secondary N) is 1. The van der Waals surface area contributed by atoms with E-state index in [0.29, 0.717) is 10.8 Å². The highest BCUT2D eigenvalue weighted by molar-refractivity contribution is 6.30. The predicted molar refractivity (Wildman–Crippen MR) is 132 cm³/mol. The first-order valence-electron chi connectivity index (χ1n) is 9.54. The number of rotatable bonds is 9. The van der Waals surface area contributed by atoms with Gasteiger partial charge < -0.3 is 16.2 Å². The number of aromatic hydroxyl groups is 1. The van der Waals surface area contributed by atoms with Gasteiger partial charge in [-0.2, -0.15) is 0 Å². The summed E-state index contributed by atoms with van der Waals surface area (Å²) in [5.41, 5.74) is 7.34. The molecule has 3 rings (SSSR count). The van der Waals surface area contributed by atoms with Gasteiger partial charge >= 0.3 is 0 Å². The molecule has 4 N–H and O–H groups in total. The number of hydrogen-bond acceptors (Lipinski definition) is 5. The summed E-state index contributed by atoms with van der Waals surface area (Å²) in [5.74, 6) is 1.54. The van der Waals surface area contributed by atoms with Crippen molar-refractivity contribution in [1.29, 1.82) is 0 Å². The minimum Gasteiger partial charge on any atom is -0.508 e. The molecular formula is C22H27Cl3N4O. The van der Waals surface area contributed by atoms with Gasteiger partial charge in [0.15, 0.2) is 5.82 Å². The van der Waals surface area contributed by atoms with E-state index in [4.69, 9.17) is 17.3 Å². The van der Waals surface area contributed by atoms with E-state index >= 15 is 0 Å². The Balaban J connectivity index is 0.00000225. The molecule has 30 heavy (non-hydrogen) atoms. The van der Waals surface area contributed by atoms with E-state index in [1.807, 2.05) is 36.4 Å². The fraction of sp³-hybridized carbons (Fsp3) is 0.273. The monoisotopic (exact) mass is 468 g/mol. The van der Waals surface area contributed by atoms with Gasteiger partial charge in [0.2, 0.25) is 0 Å². The molecular weight excluding hydrogens is 443 g/mol. The Labute approximate surface area is 194 Å². The molecule has 0 radical (unpaired) electrons. The summed E-state index contributed by atoms with van der Waals surface area (Å²) in [7, 11) is 0. The molecule has 1 aromatic heterocycles. The van der Waals surface area contributed by atoms with E-state index < -0.39 is 0 Å². The lowest BCUT2D eigenvalue weighted by molar-refractivity contribution is 0.476. The Morgan fingerprint density at radius 1 is 0.933 bits per heavy atom. The summed E-state index contributed by atoms with van der Waals surface area (Å²) in [4.78, 5) is 9.23. The van der Waals surface area contributed by atoms with Crippen LogP contribution in [0.4, 0.5) is 5.82 Å². The molecule has 0 saturated carbocycles. The Bertz CT molecular complexity index is 949. The summed E-state index contributed by atoms with van der Waals surface area (Å²) in [5, 5.41) is 14.8. The highest BCUT2D eigenvalue weighted by Gasteiger charge is 2.07. The van der Waals surface area contributed by atoms with Gasteiger partial charge in [0.05, 0.1) is 5.52 Å². The van der Waals surface area contributed by atoms with Crippen LogP contribution in [-0.2, 0) is 0 Å². The van der Waals surface area contributed by atoms with Gasteiger partial charge in [0.1, 0.15) is 11.6 Å². The van der Waals surface area contributed by atoms with Crippen molar-refractivity contribution in [2.75, 3.05) is 18.4 Å². The van der Waals surface area contributed by atoms with Crippen LogP contribution in [0.25, 0.3) is 23.1 Å². The first-order valence-corrected chi connectivity index (χ1v) is 9.92. The normalized spacial score (nSPS) is 10.6. The average Bonchev–Trinajstić information content (AvgIpc) is 2.70. The number of fused-ring (bicyclic) bond motifs is 1. The predicted octanol–water partition coefficient (Wildman–Crippen LogP) is 5.93. The molecule has 0 atom stereocenters. The lowest BCUT2D eigenvalue weighted by atomic mass is 10.2. The molecule has 162 valence electrons. The van der Waals surface area contributed by atoms with Gasteiger partial charge in [0, 0.05) is 17.0 Å². The zero-order valence-electron chi connectivity index (χ0n) is 16.6. The lowest BCUT2D eigenvalue weighted by Gasteiger charge is -2.10. The number of unbranched alkanes of at least 4 members (excludes halogenated alkanes) is 3. The first-order chi connectivity index (χ1) is 13.7. The van der Waals surface area contributed by atoms with E-state index in [0.717, 1.165) is 61.1 Å². The lowest BCUT2D eigenvalue weighted by Crippen LogP contribution is -2.06. The number of nitrogens with two attached hydrogens (primary N) is 1. The molecule has 0 amide bonds. The number of phenolic OH excluding ortho intramolecular Hbond substituents is 1. The van der Waals surface area contributed by atoms with Crippen LogP contribution in [0.3, 0.4) is 0 Å². The number of halogens is 3. The quantitative estimate of drug-likeness (QED) is 0.338. The molecule has 1 heterocycles. The second-order valence-electron chi connectivity index (χ2n) is 6.65. The second kappa shape index (κ2) is 13.3. The highest BCUT2D eigenvalue weighted by atomic mass is 35.5. The Hall–Kier alpha value is -2.05. The minimum absolute atomic E-state index is 0. The molecule has 8 heteroatoms. The van der Waals surface area contributed by atoms with Crippen LogP contribution in [0.1, 0.15) is 37.1 Å². The van der Waals surface area contributed by atoms with Crippen molar-refractivity contribution in [2.24, 2.45) is 5.73 Å². The van der Waals surface area contributed by atoms with Crippen molar-refractivity contribution in [3.63, 3.8) is 0 Å². The van der Waals surface area contributed by atoms with Crippen molar-refractivity contribution in [1.82, 2.24) is 9.97 Å². The molecule has 0 fully saturated rings. The van der Waals surface area contributed by atoms with Gasteiger partial charge in [-0.15, -0.1) is 24.8 Å². The molecule has 0 unspecified atom stereocenters. The van der Waals surface area contributed by atoms with Crippen molar-refractivity contribution in [3.8, 4) is 5.75 Å². The number of benzene rings is 2. The van der Waals surface area contributed by atoms with E-state index in [1.54, 1.807) is 18.2 Å². The number of aromatic nitrogens is 2. The standard InChI is InChI=1S/C22H25ClN4O.2ClH/c23-17-8-5-16(6-9-17)7-12-21-26-20-11-10-18(28)15-19(20)22(27-21)25-14-4-2-1-3-13-24;;/h5-12,15,28H,1-4,13-14,24H2,(H,25,26,27);2*1H/b12-7+;;. The summed E-state index contributed by atoms with van der Waals surface area (Å²) < 4.78 is 0. The van der Waals surface area contributed by atoms with Gasteiger partial charge in [-0.3, -0.25) is 0 Å². The third kappa shape index (κ3) is 7.65. The number of phenols is 1. The third-order valence-electron chi connectivity index (χ3n) is 4.41. The highest BCUT2D eigenvalue weighted by Crippen LogP contribution is 2.25. The second-order valence-corrected chi connectivity index (χ2v) is 7.08. The van der Waals surface area contributed by atoms with Crippen LogP contribution in [-0.4, -0.2) is 28.2 Å². The first kappa shape index (κ1) is 26.0. The zero-order valence-corrected chi connectivity index (χ0v) is 18.9. The molecule has 2 aromatic carbocycles. The van der Waals surface area contributed by atoms with E-state index in [-0.39, 0.29) is 30.6 Å². The minimum atomic E-state index is 0. The summed E-state index contributed by atoms with van der Waals surface area (Å²) in [6, 6.07) is 12.7. The maximum atomic E-state index is 9.85. The zero-order chi connectivity index (χ0) is 19.8. The number of hydrogen-bond donors (Lipinski definition) is 3. The SMILES string of the molecule is Cl.Cl.NCCCCCCNc1nc(/C=C/c2ccc(Cl)cc2)nc2ccc(O)cc12.